The zero-order valence-corrected chi connectivity index (χ0v) is 14.8. The van der Waals surface area contributed by atoms with Gasteiger partial charge in [0.15, 0.2) is 5.84 Å². The molecule has 11 heteroatoms. The molecule has 0 spiro atoms. The first-order valence-corrected chi connectivity index (χ1v) is 9.13. The van der Waals surface area contributed by atoms with Crippen LogP contribution in [0.4, 0.5) is 0 Å². The van der Waals surface area contributed by atoms with Gasteiger partial charge in [-0.05, 0) is 0 Å². The Morgan fingerprint density at radius 2 is 1.55 bits per heavy atom. The molecule has 0 aromatic heterocycles. The van der Waals surface area contributed by atoms with Gasteiger partial charge in [0, 0.05) is 26.2 Å². The molecule has 3 aliphatic heterocycles. The second kappa shape index (κ2) is 7.29. The van der Waals surface area contributed by atoms with Gasteiger partial charge in [0.1, 0.15) is 11.1 Å². The molecule has 7 nitrogen and oxygen atoms in total. The van der Waals surface area contributed by atoms with E-state index >= 15 is 0 Å². The van der Waals surface area contributed by atoms with Gasteiger partial charge < -0.3 is 14.4 Å². The SMILES string of the molecule is ClC(Cl)(Cl)C1=NC(N2CCOCC2)=N[S@](N2CCOCC2)=N1. The summed E-state index contributed by atoms with van der Waals surface area (Å²) < 4.78 is 20.3. The molecule has 22 heavy (non-hydrogen) atoms. The van der Waals surface area contributed by atoms with E-state index in [2.05, 4.69) is 18.1 Å². The first kappa shape index (κ1) is 16.9. The molecule has 0 bridgehead atoms. The van der Waals surface area contributed by atoms with Crippen molar-refractivity contribution in [1.82, 2.24) is 9.21 Å². The number of alkyl halides is 3. The van der Waals surface area contributed by atoms with Crippen LogP contribution < -0.4 is 0 Å². The highest BCUT2D eigenvalue weighted by Crippen LogP contribution is 2.31. The number of hydrogen-bond donors (Lipinski definition) is 0. The van der Waals surface area contributed by atoms with E-state index in [1.54, 1.807) is 0 Å². The molecule has 0 unspecified atom stereocenters. The molecule has 0 N–H and O–H groups in total. The van der Waals surface area contributed by atoms with Crippen LogP contribution in [0.1, 0.15) is 0 Å². The zero-order chi connectivity index (χ0) is 15.6. The monoisotopic (exact) mass is 387 g/mol. The van der Waals surface area contributed by atoms with Gasteiger partial charge in [0.2, 0.25) is 5.96 Å². The fraction of sp³-hybridized carbons (Fsp3) is 0.818. The Hall–Kier alpha value is 0.0400. The number of aliphatic imine (C=N–C) groups is 1. The normalized spacial score (nSPS) is 28.0. The predicted molar refractivity (Wildman–Crippen MR) is 89.7 cm³/mol. The average Bonchev–Trinajstić information content (AvgIpc) is 2.55. The molecular weight excluding hydrogens is 373 g/mol. The topological polar surface area (TPSA) is 62.0 Å². The van der Waals surface area contributed by atoms with Crippen molar-refractivity contribution in [3.8, 4) is 0 Å². The molecule has 3 heterocycles. The van der Waals surface area contributed by atoms with Crippen LogP contribution in [0, 0.1) is 0 Å². The Morgan fingerprint density at radius 1 is 0.955 bits per heavy atom. The van der Waals surface area contributed by atoms with Crippen LogP contribution >= 0.6 is 34.8 Å². The van der Waals surface area contributed by atoms with Crippen LogP contribution in [-0.4, -0.2) is 77.4 Å². The minimum Gasteiger partial charge on any atom is -0.379 e. The Labute approximate surface area is 146 Å². The Bertz CT molecular complexity index is 492. The van der Waals surface area contributed by atoms with E-state index in [-0.39, 0.29) is 5.84 Å². The molecule has 0 saturated carbocycles. The van der Waals surface area contributed by atoms with E-state index < -0.39 is 14.9 Å². The zero-order valence-electron chi connectivity index (χ0n) is 11.8. The number of hydrogen-bond acceptors (Lipinski definition) is 7. The van der Waals surface area contributed by atoms with Crippen molar-refractivity contribution in [1.29, 1.82) is 0 Å². The van der Waals surface area contributed by atoms with Crippen LogP contribution in [-0.2, 0) is 20.5 Å². The Morgan fingerprint density at radius 3 is 2.14 bits per heavy atom. The molecule has 0 aromatic carbocycles. The fourth-order valence-corrected chi connectivity index (χ4v) is 3.92. The van der Waals surface area contributed by atoms with Crippen molar-refractivity contribution >= 4 is 57.7 Å². The van der Waals surface area contributed by atoms with Crippen LogP contribution in [0.2, 0.25) is 0 Å². The minimum atomic E-state index is -1.66. The van der Waals surface area contributed by atoms with E-state index in [1.807, 2.05) is 4.90 Å². The third-order valence-electron chi connectivity index (χ3n) is 3.29. The highest BCUT2D eigenvalue weighted by Gasteiger charge is 2.33. The molecule has 0 amide bonds. The number of guanidine groups is 1. The van der Waals surface area contributed by atoms with Crippen molar-refractivity contribution in [2.45, 2.75) is 3.79 Å². The summed E-state index contributed by atoms with van der Waals surface area (Å²) >= 11 is 17.2. The smallest absolute Gasteiger partial charge is 0.250 e. The van der Waals surface area contributed by atoms with E-state index in [4.69, 9.17) is 44.3 Å². The third kappa shape index (κ3) is 4.11. The maximum atomic E-state index is 5.99. The van der Waals surface area contributed by atoms with Gasteiger partial charge in [-0.15, -0.1) is 0 Å². The lowest BCUT2D eigenvalue weighted by molar-refractivity contribution is 0.0675. The highest BCUT2D eigenvalue weighted by atomic mass is 35.6. The summed E-state index contributed by atoms with van der Waals surface area (Å²) in [6.45, 7) is 5.52. The lowest BCUT2D eigenvalue weighted by Crippen LogP contribution is -2.44. The first-order chi connectivity index (χ1) is 10.5. The number of rotatable bonds is 1. The summed E-state index contributed by atoms with van der Waals surface area (Å²) in [6, 6.07) is 0. The lowest BCUT2D eigenvalue weighted by Gasteiger charge is -2.32. The van der Waals surface area contributed by atoms with E-state index in [9.17, 15) is 0 Å². The summed E-state index contributed by atoms with van der Waals surface area (Å²) in [7, 11) is 0. The molecule has 2 saturated heterocycles. The van der Waals surface area contributed by atoms with Crippen molar-refractivity contribution < 1.29 is 9.47 Å². The highest BCUT2D eigenvalue weighted by molar-refractivity contribution is 7.84. The van der Waals surface area contributed by atoms with Gasteiger partial charge in [-0.1, -0.05) is 34.8 Å². The minimum absolute atomic E-state index is 0.184. The standard InChI is InChI=1S/C11H16Cl3N5O2S/c12-11(13,14)9-15-10(18-1-5-20-6-2-18)17-22(16-9)19-3-7-21-8-4-19/h1-8H2/t22-/m1/s1. The van der Waals surface area contributed by atoms with Gasteiger partial charge in [-0.3, -0.25) is 0 Å². The predicted octanol–water partition coefficient (Wildman–Crippen LogP) is 1.42. The first-order valence-electron chi connectivity index (χ1n) is 6.90. The number of halogens is 3. The third-order valence-corrected chi connectivity index (χ3v) is 5.28. The van der Waals surface area contributed by atoms with E-state index in [0.29, 0.717) is 32.4 Å². The number of nitrogens with zero attached hydrogens (tertiary/aromatic N) is 5. The summed E-state index contributed by atoms with van der Waals surface area (Å²) in [5, 5.41) is 0. The quantitative estimate of drug-likeness (QED) is 0.637. The number of morpholine rings is 2. The number of ether oxygens (including phenoxy) is 2. The molecule has 0 aliphatic carbocycles. The maximum Gasteiger partial charge on any atom is 0.250 e. The van der Waals surface area contributed by atoms with Crippen molar-refractivity contribution in [3.05, 3.63) is 0 Å². The van der Waals surface area contributed by atoms with Gasteiger partial charge in [0.05, 0.1) is 26.4 Å². The van der Waals surface area contributed by atoms with Crippen LogP contribution in [0.15, 0.2) is 13.8 Å². The molecule has 2 fully saturated rings. The van der Waals surface area contributed by atoms with Gasteiger partial charge in [0.25, 0.3) is 3.79 Å². The Kier molecular flexibility index (Phi) is 5.60. The van der Waals surface area contributed by atoms with Crippen molar-refractivity contribution in [3.63, 3.8) is 0 Å². The molecule has 3 rings (SSSR count). The van der Waals surface area contributed by atoms with Gasteiger partial charge in [-0.2, -0.15) is 13.8 Å². The van der Waals surface area contributed by atoms with E-state index in [1.165, 1.54) is 0 Å². The largest absolute Gasteiger partial charge is 0.379 e. The van der Waals surface area contributed by atoms with Crippen LogP contribution in [0.3, 0.4) is 0 Å². The van der Waals surface area contributed by atoms with Gasteiger partial charge >= 0.3 is 0 Å². The second-order valence-corrected chi connectivity index (χ2v) is 8.45. The van der Waals surface area contributed by atoms with Crippen LogP contribution in [0.5, 0.6) is 0 Å². The summed E-state index contributed by atoms with van der Waals surface area (Å²) in [6.07, 6.45) is 0. The van der Waals surface area contributed by atoms with Crippen molar-refractivity contribution in [2.24, 2.45) is 13.8 Å². The number of amidine groups is 1. The van der Waals surface area contributed by atoms with Gasteiger partial charge in [-0.25, -0.2) is 4.31 Å². The summed E-state index contributed by atoms with van der Waals surface area (Å²) in [5.74, 6) is 0.748. The molecule has 124 valence electrons. The lowest BCUT2D eigenvalue weighted by atomic mass is 10.4. The van der Waals surface area contributed by atoms with Crippen molar-refractivity contribution in [2.75, 3.05) is 52.6 Å². The molecule has 0 aromatic rings. The van der Waals surface area contributed by atoms with E-state index in [0.717, 1.165) is 26.2 Å². The fourth-order valence-electron chi connectivity index (χ4n) is 2.14. The molecule has 0 radical (unpaired) electrons. The molecule has 1 atom stereocenters. The van der Waals surface area contributed by atoms with Crippen LogP contribution in [0.25, 0.3) is 0 Å². The molecule has 3 aliphatic rings. The summed E-state index contributed by atoms with van der Waals surface area (Å²) in [4.78, 5) is 6.38. The average molecular weight is 389 g/mol. The maximum absolute atomic E-state index is 5.99. The summed E-state index contributed by atoms with van der Waals surface area (Å²) in [5.41, 5.74) is 0. The Balaban J connectivity index is 1.88. The second-order valence-electron chi connectivity index (χ2n) is 4.80. The molecular formula is C11H16Cl3N5O2S.